The van der Waals surface area contributed by atoms with E-state index < -0.39 is 5.97 Å². The molecule has 3 aromatic rings. The number of anilines is 1. The predicted octanol–water partition coefficient (Wildman–Crippen LogP) is 4.13. The van der Waals surface area contributed by atoms with Crippen LogP contribution in [-0.2, 0) is 4.79 Å². The largest absolute Gasteiger partial charge is 0.484 e. The molecule has 2 aromatic carbocycles. The molecule has 0 unspecified atom stereocenters. The Hall–Kier alpha value is -3.12. The molecule has 1 heterocycles. The quantitative estimate of drug-likeness (QED) is 0.699. The number of hydrogen-bond donors (Lipinski definition) is 2. The van der Waals surface area contributed by atoms with Crippen LogP contribution in [0.25, 0.3) is 10.4 Å². The molecule has 0 saturated heterocycles. The number of carboxylic acid groups (broad SMARTS) is 1. The van der Waals surface area contributed by atoms with E-state index in [1.165, 1.54) is 17.0 Å². The van der Waals surface area contributed by atoms with Gasteiger partial charge < -0.3 is 15.2 Å². The second kappa shape index (κ2) is 7.63. The van der Waals surface area contributed by atoms with Crippen molar-refractivity contribution in [2.75, 3.05) is 11.9 Å². The second-order valence-corrected chi connectivity index (χ2v) is 6.17. The third-order valence-corrected chi connectivity index (χ3v) is 4.34. The lowest BCUT2D eigenvalue weighted by atomic mass is 10.2. The summed E-state index contributed by atoms with van der Waals surface area (Å²) in [6, 6.07) is 17.6. The van der Waals surface area contributed by atoms with E-state index in [9.17, 15) is 9.59 Å². The summed E-state index contributed by atoms with van der Waals surface area (Å²) in [5.74, 6) is -0.808. The summed E-state index contributed by atoms with van der Waals surface area (Å²) >= 11 is 1.66. The van der Waals surface area contributed by atoms with Crippen LogP contribution in [-0.4, -0.2) is 23.6 Å². The highest BCUT2D eigenvalue weighted by Gasteiger charge is 2.07. The zero-order valence-corrected chi connectivity index (χ0v) is 14.0. The van der Waals surface area contributed by atoms with Crippen LogP contribution in [0.1, 0.15) is 10.4 Å². The van der Waals surface area contributed by atoms with Gasteiger partial charge in [0.2, 0.25) is 0 Å². The van der Waals surface area contributed by atoms with Gasteiger partial charge in [0, 0.05) is 10.6 Å². The number of carbonyl (C=O) groups is 2. The summed E-state index contributed by atoms with van der Waals surface area (Å²) in [5.41, 5.74) is 1.63. The van der Waals surface area contributed by atoms with Crippen LogP contribution < -0.4 is 10.1 Å². The average Bonchev–Trinajstić information content (AvgIpc) is 3.15. The Morgan fingerprint density at radius 3 is 2.52 bits per heavy atom. The Morgan fingerprint density at radius 1 is 1.04 bits per heavy atom. The number of carboxylic acids is 1. The van der Waals surface area contributed by atoms with Crippen LogP contribution in [0, 0.1) is 0 Å². The summed E-state index contributed by atoms with van der Waals surface area (Å²) in [5, 5.41) is 13.6. The summed E-state index contributed by atoms with van der Waals surface area (Å²) in [7, 11) is 0. The first-order chi connectivity index (χ1) is 12.1. The van der Waals surface area contributed by atoms with Gasteiger partial charge in [0.05, 0.1) is 5.56 Å². The molecule has 0 fully saturated rings. The summed E-state index contributed by atoms with van der Waals surface area (Å²) < 4.78 is 5.47. The fourth-order valence-corrected chi connectivity index (χ4v) is 2.97. The predicted molar refractivity (Wildman–Crippen MR) is 97.3 cm³/mol. The Kier molecular flexibility index (Phi) is 5.11. The van der Waals surface area contributed by atoms with Gasteiger partial charge in [-0.05, 0) is 59.5 Å². The molecule has 25 heavy (non-hydrogen) atoms. The first-order valence-corrected chi connectivity index (χ1v) is 8.40. The van der Waals surface area contributed by atoms with Crippen molar-refractivity contribution in [3.05, 3.63) is 71.6 Å². The van der Waals surface area contributed by atoms with E-state index >= 15 is 0 Å². The molecule has 0 aliphatic rings. The molecule has 5 nitrogen and oxygen atoms in total. The molecule has 1 amide bonds. The number of aromatic carboxylic acids is 1. The minimum atomic E-state index is -1.04. The number of ether oxygens (including phenoxy) is 1. The monoisotopic (exact) mass is 353 g/mol. The standard InChI is InChI=1S/C19H15NO4S/c21-18(20-15-4-1-3-14(11-15)19(22)23)12-24-16-8-6-13(7-9-16)17-5-2-10-25-17/h1-11H,12H2,(H,20,21)(H,22,23). The molecule has 126 valence electrons. The van der Waals surface area contributed by atoms with Crippen molar-refractivity contribution in [3.63, 3.8) is 0 Å². The van der Waals surface area contributed by atoms with Gasteiger partial charge in [-0.2, -0.15) is 0 Å². The van der Waals surface area contributed by atoms with Crippen LogP contribution in [0.15, 0.2) is 66.0 Å². The van der Waals surface area contributed by atoms with Crippen LogP contribution in [0.3, 0.4) is 0 Å². The SMILES string of the molecule is O=C(COc1ccc(-c2cccs2)cc1)Nc1cccc(C(=O)O)c1. The minimum absolute atomic E-state index is 0.114. The van der Waals surface area contributed by atoms with E-state index in [-0.39, 0.29) is 18.1 Å². The fraction of sp³-hybridized carbons (Fsp3) is 0.0526. The average molecular weight is 353 g/mol. The fourth-order valence-electron chi connectivity index (χ4n) is 2.23. The van der Waals surface area contributed by atoms with Crippen molar-refractivity contribution in [1.29, 1.82) is 0 Å². The van der Waals surface area contributed by atoms with Gasteiger partial charge in [0.1, 0.15) is 5.75 Å². The highest BCUT2D eigenvalue weighted by Crippen LogP contribution is 2.26. The van der Waals surface area contributed by atoms with Gasteiger partial charge in [0.15, 0.2) is 6.61 Å². The lowest BCUT2D eigenvalue weighted by molar-refractivity contribution is -0.118. The van der Waals surface area contributed by atoms with Gasteiger partial charge in [-0.25, -0.2) is 4.79 Å². The van der Waals surface area contributed by atoms with Gasteiger partial charge in [-0.3, -0.25) is 4.79 Å². The normalized spacial score (nSPS) is 10.2. The molecule has 2 N–H and O–H groups in total. The maximum atomic E-state index is 11.9. The molecule has 0 radical (unpaired) electrons. The first kappa shape index (κ1) is 16.7. The Bertz CT molecular complexity index is 873. The summed E-state index contributed by atoms with van der Waals surface area (Å²) in [6.07, 6.45) is 0. The third kappa shape index (κ3) is 4.45. The van der Waals surface area contributed by atoms with Gasteiger partial charge in [-0.1, -0.05) is 12.1 Å². The summed E-state index contributed by atoms with van der Waals surface area (Å²) in [6.45, 7) is -0.157. The van der Waals surface area contributed by atoms with Crippen LogP contribution in [0.4, 0.5) is 5.69 Å². The van der Waals surface area contributed by atoms with E-state index in [1.54, 1.807) is 23.5 Å². The topological polar surface area (TPSA) is 75.6 Å². The molecule has 0 bridgehead atoms. The molecule has 0 aliphatic carbocycles. The summed E-state index contributed by atoms with van der Waals surface area (Å²) in [4.78, 5) is 24.0. The molecule has 0 atom stereocenters. The Labute approximate surface area is 148 Å². The third-order valence-electron chi connectivity index (χ3n) is 3.42. The zero-order chi connectivity index (χ0) is 17.6. The highest BCUT2D eigenvalue weighted by atomic mass is 32.1. The number of thiophene rings is 1. The molecular weight excluding hydrogens is 338 g/mol. The van der Waals surface area contributed by atoms with E-state index in [0.717, 1.165) is 5.56 Å². The Balaban J connectivity index is 1.55. The molecule has 0 spiro atoms. The first-order valence-electron chi connectivity index (χ1n) is 7.52. The van der Waals surface area contributed by atoms with Crippen molar-refractivity contribution in [3.8, 4) is 16.2 Å². The number of amides is 1. The van der Waals surface area contributed by atoms with E-state index in [0.29, 0.717) is 11.4 Å². The number of carbonyl (C=O) groups excluding carboxylic acids is 1. The van der Waals surface area contributed by atoms with Crippen molar-refractivity contribution in [1.82, 2.24) is 0 Å². The smallest absolute Gasteiger partial charge is 0.335 e. The van der Waals surface area contributed by atoms with Crippen LogP contribution in [0.2, 0.25) is 0 Å². The highest BCUT2D eigenvalue weighted by molar-refractivity contribution is 7.13. The number of hydrogen-bond acceptors (Lipinski definition) is 4. The van der Waals surface area contributed by atoms with E-state index in [2.05, 4.69) is 5.32 Å². The lowest BCUT2D eigenvalue weighted by Crippen LogP contribution is -2.20. The second-order valence-electron chi connectivity index (χ2n) is 5.22. The molecule has 1 aromatic heterocycles. The molecular formula is C19H15NO4S. The number of rotatable bonds is 6. The van der Waals surface area contributed by atoms with Crippen LogP contribution in [0.5, 0.6) is 5.75 Å². The van der Waals surface area contributed by atoms with Gasteiger partial charge in [0.25, 0.3) is 5.91 Å². The Morgan fingerprint density at radius 2 is 1.84 bits per heavy atom. The van der Waals surface area contributed by atoms with E-state index in [1.807, 2.05) is 41.8 Å². The van der Waals surface area contributed by atoms with E-state index in [4.69, 9.17) is 9.84 Å². The maximum Gasteiger partial charge on any atom is 0.335 e. The van der Waals surface area contributed by atoms with Crippen molar-refractivity contribution in [2.24, 2.45) is 0 Å². The van der Waals surface area contributed by atoms with Crippen molar-refractivity contribution >= 4 is 28.9 Å². The molecule has 0 saturated carbocycles. The van der Waals surface area contributed by atoms with Crippen molar-refractivity contribution in [2.45, 2.75) is 0 Å². The van der Waals surface area contributed by atoms with Crippen LogP contribution >= 0.6 is 11.3 Å². The molecule has 6 heteroatoms. The number of nitrogens with one attached hydrogen (secondary N) is 1. The molecule has 3 rings (SSSR count). The van der Waals surface area contributed by atoms with Gasteiger partial charge in [-0.15, -0.1) is 11.3 Å². The van der Waals surface area contributed by atoms with Crippen molar-refractivity contribution < 1.29 is 19.4 Å². The zero-order valence-electron chi connectivity index (χ0n) is 13.1. The van der Waals surface area contributed by atoms with Gasteiger partial charge >= 0.3 is 5.97 Å². The number of benzene rings is 2. The molecule has 0 aliphatic heterocycles. The lowest BCUT2D eigenvalue weighted by Gasteiger charge is -2.08. The maximum absolute atomic E-state index is 11.9. The minimum Gasteiger partial charge on any atom is -0.484 e.